The molecule has 0 bridgehead atoms. The van der Waals surface area contributed by atoms with E-state index >= 15 is 0 Å². The Hall–Kier alpha value is -0.900. The topological polar surface area (TPSA) is 29.0 Å². The van der Waals surface area contributed by atoms with Gasteiger partial charge in [0, 0.05) is 19.5 Å². The normalized spacial score (nSPS) is 10.2. The SMILES string of the molecule is Cc1ncnc(N(C)CCCl)c1F. The number of halogens is 2. The van der Waals surface area contributed by atoms with E-state index in [2.05, 4.69) is 9.97 Å². The predicted octanol–water partition coefficient (Wildman–Crippen LogP) is 1.60. The molecule has 0 fully saturated rings. The smallest absolute Gasteiger partial charge is 0.186 e. The molecule has 0 atom stereocenters. The van der Waals surface area contributed by atoms with Crippen molar-refractivity contribution in [3.63, 3.8) is 0 Å². The average Bonchev–Trinajstić information content (AvgIpc) is 2.10. The summed E-state index contributed by atoms with van der Waals surface area (Å²) in [7, 11) is 1.74. The molecule has 1 heterocycles. The Morgan fingerprint density at radius 1 is 1.54 bits per heavy atom. The van der Waals surface area contributed by atoms with E-state index in [0.717, 1.165) is 0 Å². The Kier molecular flexibility index (Phi) is 3.42. The summed E-state index contributed by atoms with van der Waals surface area (Å²) in [6.07, 6.45) is 1.35. The lowest BCUT2D eigenvalue weighted by atomic mass is 10.4. The zero-order valence-corrected chi connectivity index (χ0v) is 8.35. The number of rotatable bonds is 3. The Labute approximate surface area is 81.6 Å². The molecule has 0 radical (unpaired) electrons. The Morgan fingerprint density at radius 3 is 2.85 bits per heavy atom. The second-order valence-electron chi connectivity index (χ2n) is 2.71. The Bertz CT molecular complexity index is 293. The summed E-state index contributed by atoms with van der Waals surface area (Å²) in [5.41, 5.74) is 0.353. The van der Waals surface area contributed by atoms with Gasteiger partial charge in [-0.2, -0.15) is 0 Å². The Morgan fingerprint density at radius 2 is 2.23 bits per heavy atom. The van der Waals surface area contributed by atoms with Crippen LogP contribution in [0, 0.1) is 12.7 Å². The fraction of sp³-hybridized carbons (Fsp3) is 0.500. The minimum absolute atomic E-state index is 0.299. The zero-order valence-electron chi connectivity index (χ0n) is 7.59. The fourth-order valence-corrected chi connectivity index (χ4v) is 1.20. The van der Waals surface area contributed by atoms with Crippen molar-refractivity contribution >= 4 is 17.4 Å². The first kappa shape index (κ1) is 10.2. The number of aromatic nitrogens is 2. The van der Waals surface area contributed by atoms with E-state index < -0.39 is 0 Å². The maximum absolute atomic E-state index is 13.4. The van der Waals surface area contributed by atoms with Gasteiger partial charge in [0.2, 0.25) is 0 Å². The highest BCUT2D eigenvalue weighted by Gasteiger charge is 2.10. The maximum Gasteiger partial charge on any atom is 0.186 e. The first-order valence-electron chi connectivity index (χ1n) is 3.91. The van der Waals surface area contributed by atoms with Crippen LogP contribution in [-0.4, -0.2) is 29.4 Å². The molecule has 0 spiro atoms. The Balaban J connectivity index is 2.93. The van der Waals surface area contributed by atoms with Gasteiger partial charge in [0.1, 0.15) is 6.33 Å². The van der Waals surface area contributed by atoms with Gasteiger partial charge in [-0.05, 0) is 6.92 Å². The van der Waals surface area contributed by atoms with Crippen LogP contribution in [0.4, 0.5) is 10.2 Å². The molecule has 3 nitrogen and oxygen atoms in total. The highest BCUT2D eigenvalue weighted by molar-refractivity contribution is 6.18. The van der Waals surface area contributed by atoms with E-state index in [0.29, 0.717) is 23.9 Å². The highest BCUT2D eigenvalue weighted by Crippen LogP contribution is 2.15. The van der Waals surface area contributed by atoms with Gasteiger partial charge in [0.25, 0.3) is 0 Å². The van der Waals surface area contributed by atoms with Crippen LogP contribution in [-0.2, 0) is 0 Å². The lowest BCUT2D eigenvalue weighted by molar-refractivity contribution is 0.597. The molecule has 0 unspecified atom stereocenters. The van der Waals surface area contributed by atoms with Gasteiger partial charge in [-0.1, -0.05) is 0 Å². The van der Waals surface area contributed by atoms with Crippen LogP contribution in [0.25, 0.3) is 0 Å². The van der Waals surface area contributed by atoms with Crippen molar-refractivity contribution in [2.75, 3.05) is 24.4 Å². The van der Waals surface area contributed by atoms with Crippen molar-refractivity contribution in [2.24, 2.45) is 0 Å². The fourth-order valence-electron chi connectivity index (χ4n) is 0.944. The molecular weight excluding hydrogens is 193 g/mol. The number of hydrogen-bond acceptors (Lipinski definition) is 3. The van der Waals surface area contributed by atoms with Crippen molar-refractivity contribution in [2.45, 2.75) is 6.92 Å². The molecule has 1 aromatic rings. The van der Waals surface area contributed by atoms with Crippen molar-refractivity contribution in [1.82, 2.24) is 9.97 Å². The van der Waals surface area contributed by atoms with Crippen molar-refractivity contribution in [3.05, 3.63) is 17.8 Å². The van der Waals surface area contributed by atoms with Gasteiger partial charge in [0.05, 0.1) is 5.69 Å². The lowest BCUT2D eigenvalue weighted by Gasteiger charge is -2.17. The molecule has 0 aromatic carbocycles. The summed E-state index contributed by atoms with van der Waals surface area (Å²) in [4.78, 5) is 9.24. The summed E-state index contributed by atoms with van der Waals surface area (Å²) in [5, 5.41) is 0. The van der Waals surface area contributed by atoms with E-state index in [9.17, 15) is 4.39 Å². The van der Waals surface area contributed by atoms with Gasteiger partial charge in [-0.15, -0.1) is 11.6 Å². The average molecular weight is 204 g/mol. The number of anilines is 1. The minimum Gasteiger partial charge on any atom is -0.356 e. The lowest BCUT2D eigenvalue weighted by Crippen LogP contribution is -2.22. The maximum atomic E-state index is 13.4. The summed E-state index contributed by atoms with van der Waals surface area (Å²) in [6.45, 7) is 2.17. The number of hydrogen-bond donors (Lipinski definition) is 0. The number of aryl methyl sites for hydroxylation is 1. The molecule has 13 heavy (non-hydrogen) atoms. The molecule has 72 valence electrons. The highest BCUT2D eigenvalue weighted by atomic mass is 35.5. The first-order chi connectivity index (χ1) is 6.16. The van der Waals surface area contributed by atoms with Crippen LogP contribution in [0.15, 0.2) is 6.33 Å². The third-order valence-electron chi connectivity index (χ3n) is 1.73. The van der Waals surface area contributed by atoms with Crippen LogP contribution in [0.2, 0.25) is 0 Å². The molecule has 1 aromatic heterocycles. The molecule has 0 aliphatic rings. The molecule has 0 saturated heterocycles. The van der Waals surface area contributed by atoms with Gasteiger partial charge >= 0.3 is 0 Å². The predicted molar refractivity (Wildman–Crippen MR) is 50.7 cm³/mol. The standard InChI is InChI=1S/C8H11ClFN3/c1-6-7(10)8(12-5-11-6)13(2)4-3-9/h5H,3-4H2,1-2H3. The van der Waals surface area contributed by atoms with E-state index in [1.54, 1.807) is 18.9 Å². The minimum atomic E-state index is -0.380. The van der Waals surface area contributed by atoms with Gasteiger partial charge in [0.15, 0.2) is 11.6 Å². The summed E-state index contributed by atoms with van der Waals surface area (Å²) >= 11 is 5.53. The second-order valence-corrected chi connectivity index (χ2v) is 3.09. The third kappa shape index (κ3) is 2.28. The van der Waals surface area contributed by atoms with Crippen molar-refractivity contribution in [3.8, 4) is 0 Å². The van der Waals surface area contributed by atoms with E-state index in [1.807, 2.05) is 0 Å². The summed E-state index contributed by atoms with van der Waals surface area (Å²) in [5.74, 6) is 0.363. The molecule has 0 aliphatic heterocycles. The largest absolute Gasteiger partial charge is 0.356 e. The van der Waals surface area contributed by atoms with E-state index in [-0.39, 0.29) is 5.82 Å². The van der Waals surface area contributed by atoms with Crippen LogP contribution < -0.4 is 4.90 Å². The molecule has 0 aliphatic carbocycles. The quantitative estimate of drug-likeness (QED) is 0.699. The van der Waals surface area contributed by atoms with Crippen LogP contribution in [0.3, 0.4) is 0 Å². The van der Waals surface area contributed by atoms with Gasteiger partial charge in [-0.3, -0.25) is 0 Å². The molecule has 5 heteroatoms. The van der Waals surface area contributed by atoms with Crippen molar-refractivity contribution < 1.29 is 4.39 Å². The van der Waals surface area contributed by atoms with Gasteiger partial charge in [-0.25, -0.2) is 14.4 Å². The first-order valence-corrected chi connectivity index (χ1v) is 4.44. The zero-order chi connectivity index (χ0) is 9.84. The van der Waals surface area contributed by atoms with Crippen LogP contribution in [0.1, 0.15) is 5.69 Å². The molecular formula is C8H11ClFN3. The van der Waals surface area contributed by atoms with E-state index in [1.165, 1.54) is 6.33 Å². The summed E-state index contributed by atoms with van der Waals surface area (Å²) < 4.78 is 13.4. The number of nitrogens with zero attached hydrogens (tertiary/aromatic N) is 3. The van der Waals surface area contributed by atoms with E-state index in [4.69, 9.17) is 11.6 Å². The second kappa shape index (κ2) is 4.37. The van der Waals surface area contributed by atoms with Gasteiger partial charge < -0.3 is 4.90 Å². The monoisotopic (exact) mass is 203 g/mol. The van der Waals surface area contributed by atoms with Crippen LogP contribution in [0.5, 0.6) is 0 Å². The van der Waals surface area contributed by atoms with Crippen LogP contribution >= 0.6 is 11.6 Å². The number of alkyl halides is 1. The molecule has 0 amide bonds. The summed E-state index contributed by atoms with van der Waals surface area (Å²) in [6, 6.07) is 0. The third-order valence-corrected chi connectivity index (χ3v) is 1.90. The van der Waals surface area contributed by atoms with Crippen molar-refractivity contribution in [1.29, 1.82) is 0 Å². The molecule has 0 saturated carbocycles. The molecule has 0 N–H and O–H groups in total. The molecule has 1 rings (SSSR count).